The lowest BCUT2D eigenvalue weighted by atomic mass is 10.0. The Morgan fingerprint density at radius 3 is 2.81 bits per heavy atom. The molecule has 3 rings (SSSR count). The van der Waals surface area contributed by atoms with Crippen molar-refractivity contribution < 1.29 is 18.7 Å². The van der Waals surface area contributed by atoms with Gasteiger partial charge in [0, 0.05) is 5.56 Å². The Morgan fingerprint density at radius 2 is 2.05 bits per heavy atom. The number of furan rings is 1. The van der Waals surface area contributed by atoms with Gasteiger partial charge in [-0.3, -0.25) is 4.79 Å². The van der Waals surface area contributed by atoms with Crippen LogP contribution in [0.25, 0.3) is 0 Å². The Labute approximate surface area is 122 Å². The normalized spacial score (nSPS) is 14.7. The molecular formula is C16H17NO4. The second-order valence-corrected chi connectivity index (χ2v) is 4.90. The van der Waals surface area contributed by atoms with Crippen LogP contribution in [0.2, 0.25) is 0 Å². The van der Waals surface area contributed by atoms with Gasteiger partial charge in [-0.25, -0.2) is 0 Å². The van der Waals surface area contributed by atoms with Crippen LogP contribution in [0.3, 0.4) is 0 Å². The summed E-state index contributed by atoms with van der Waals surface area (Å²) in [6, 6.07) is 8.67. The van der Waals surface area contributed by atoms with Crippen LogP contribution in [0.5, 0.6) is 11.5 Å². The third-order valence-corrected chi connectivity index (χ3v) is 3.38. The number of benzene rings is 1. The summed E-state index contributed by atoms with van der Waals surface area (Å²) in [5.74, 6) is 2.13. The van der Waals surface area contributed by atoms with E-state index < -0.39 is 0 Å². The van der Waals surface area contributed by atoms with Gasteiger partial charge in [-0.2, -0.15) is 0 Å². The molecule has 5 heteroatoms. The van der Waals surface area contributed by atoms with Gasteiger partial charge < -0.3 is 19.2 Å². The number of fused-ring (bicyclic) bond motifs is 1. The maximum absolute atomic E-state index is 12.4. The summed E-state index contributed by atoms with van der Waals surface area (Å²) in [5.41, 5.74) is 0.610. The lowest BCUT2D eigenvalue weighted by Gasteiger charge is -2.19. The largest absolute Gasteiger partial charge is 0.486 e. The monoisotopic (exact) mass is 287 g/mol. The molecule has 0 spiro atoms. The SMILES string of the molecule is CC(NCc1ccco1)C(=O)c1ccc2c(c1)OCCO2. The molecule has 0 amide bonds. The predicted molar refractivity (Wildman–Crippen MR) is 76.8 cm³/mol. The van der Waals surface area contributed by atoms with Crippen LogP contribution < -0.4 is 14.8 Å². The quantitative estimate of drug-likeness (QED) is 0.856. The molecule has 0 saturated carbocycles. The minimum absolute atomic E-state index is 0.0125. The standard InChI is InChI=1S/C16H17NO4/c1-11(17-10-13-3-2-6-19-13)16(18)12-4-5-14-15(9-12)21-8-7-20-14/h2-6,9,11,17H,7-8,10H2,1H3. The molecule has 1 aromatic carbocycles. The van der Waals surface area contributed by atoms with E-state index in [-0.39, 0.29) is 11.8 Å². The van der Waals surface area contributed by atoms with Crippen LogP contribution in [0, 0.1) is 0 Å². The fourth-order valence-corrected chi connectivity index (χ4v) is 2.21. The Bertz CT molecular complexity index is 621. The summed E-state index contributed by atoms with van der Waals surface area (Å²) in [4.78, 5) is 12.4. The highest BCUT2D eigenvalue weighted by Crippen LogP contribution is 2.31. The molecule has 2 heterocycles. The van der Waals surface area contributed by atoms with E-state index in [1.807, 2.05) is 19.1 Å². The van der Waals surface area contributed by atoms with E-state index in [2.05, 4.69) is 5.32 Å². The van der Waals surface area contributed by atoms with E-state index in [0.29, 0.717) is 36.8 Å². The summed E-state index contributed by atoms with van der Waals surface area (Å²) in [5, 5.41) is 3.15. The molecular weight excluding hydrogens is 270 g/mol. The van der Waals surface area contributed by atoms with E-state index in [9.17, 15) is 4.79 Å². The maximum atomic E-state index is 12.4. The zero-order valence-corrected chi connectivity index (χ0v) is 11.8. The van der Waals surface area contributed by atoms with Gasteiger partial charge >= 0.3 is 0 Å². The first-order valence-corrected chi connectivity index (χ1v) is 6.93. The molecule has 0 aliphatic carbocycles. The molecule has 1 atom stereocenters. The smallest absolute Gasteiger partial charge is 0.179 e. The highest BCUT2D eigenvalue weighted by Gasteiger charge is 2.19. The van der Waals surface area contributed by atoms with Gasteiger partial charge in [-0.1, -0.05) is 0 Å². The number of ketones is 1. The van der Waals surface area contributed by atoms with Gasteiger partial charge in [0.1, 0.15) is 19.0 Å². The lowest BCUT2D eigenvalue weighted by molar-refractivity contribution is 0.0948. The molecule has 1 N–H and O–H groups in total. The number of Topliss-reactive ketones (excluding diaryl/α,β-unsaturated/α-hetero) is 1. The molecule has 110 valence electrons. The van der Waals surface area contributed by atoms with E-state index in [0.717, 1.165) is 5.76 Å². The molecule has 1 aliphatic rings. The molecule has 1 aromatic heterocycles. The Hall–Kier alpha value is -2.27. The molecule has 0 fully saturated rings. The number of ether oxygens (including phenoxy) is 2. The Balaban J connectivity index is 1.66. The summed E-state index contributed by atoms with van der Waals surface area (Å²) < 4.78 is 16.2. The van der Waals surface area contributed by atoms with Gasteiger partial charge in [0.15, 0.2) is 17.3 Å². The van der Waals surface area contributed by atoms with Crippen LogP contribution in [0.15, 0.2) is 41.0 Å². The second-order valence-electron chi connectivity index (χ2n) is 4.90. The van der Waals surface area contributed by atoms with Crippen molar-refractivity contribution in [3.05, 3.63) is 47.9 Å². The van der Waals surface area contributed by atoms with Crippen molar-refractivity contribution in [2.24, 2.45) is 0 Å². The molecule has 21 heavy (non-hydrogen) atoms. The minimum Gasteiger partial charge on any atom is -0.486 e. The number of rotatable bonds is 5. The summed E-state index contributed by atoms with van der Waals surface area (Å²) in [6.45, 7) is 3.41. The number of hydrogen-bond donors (Lipinski definition) is 1. The average Bonchev–Trinajstić information content (AvgIpc) is 3.05. The first-order chi connectivity index (χ1) is 10.2. The highest BCUT2D eigenvalue weighted by atomic mass is 16.6. The Morgan fingerprint density at radius 1 is 1.24 bits per heavy atom. The second kappa shape index (κ2) is 6.01. The number of carbonyl (C=O) groups is 1. The summed E-state index contributed by atoms with van der Waals surface area (Å²) >= 11 is 0. The van der Waals surface area contributed by atoms with Crippen LogP contribution in [-0.4, -0.2) is 25.0 Å². The molecule has 5 nitrogen and oxygen atoms in total. The van der Waals surface area contributed by atoms with Crippen LogP contribution in [0.1, 0.15) is 23.0 Å². The van der Waals surface area contributed by atoms with E-state index >= 15 is 0 Å². The number of nitrogens with one attached hydrogen (secondary N) is 1. The molecule has 0 bridgehead atoms. The molecule has 1 aliphatic heterocycles. The van der Waals surface area contributed by atoms with Crippen molar-refractivity contribution in [3.63, 3.8) is 0 Å². The van der Waals surface area contributed by atoms with Gasteiger partial charge in [0.25, 0.3) is 0 Å². The number of hydrogen-bond acceptors (Lipinski definition) is 5. The zero-order valence-electron chi connectivity index (χ0n) is 11.8. The predicted octanol–water partition coefficient (Wildman–Crippen LogP) is 2.41. The summed E-state index contributed by atoms with van der Waals surface area (Å²) in [6.07, 6.45) is 1.62. The van der Waals surface area contributed by atoms with Gasteiger partial charge in [-0.05, 0) is 37.3 Å². The van der Waals surface area contributed by atoms with Crippen molar-refractivity contribution in [1.29, 1.82) is 0 Å². The minimum atomic E-state index is -0.308. The molecule has 0 radical (unpaired) electrons. The van der Waals surface area contributed by atoms with E-state index in [1.54, 1.807) is 24.5 Å². The summed E-state index contributed by atoms with van der Waals surface area (Å²) in [7, 11) is 0. The fourth-order valence-electron chi connectivity index (χ4n) is 2.21. The molecule has 1 unspecified atom stereocenters. The van der Waals surface area contributed by atoms with Crippen molar-refractivity contribution in [1.82, 2.24) is 5.32 Å². The number of carbonyl (C=O) groups excluding carboxylic acids is 1. The third kappa shape index (κ3) is 3.08. The Kier molecular flexibility index (Phi) is 3.92. The topological polar surface area (TPSA) is 60.7 Å². The maximum Gasteiger partial charge on any atom is 0.179 e. The first-order valence-electron chi connectivity index (χ1n) is 6.93. The van der Waals surface area contributed by atoms with Gasteiger partial charge in [-0.15, -0.1) is 0 Å². The van der Waals surface area contributed by atoms with Crippen molar-refractivity contribution in [3.8, 4) is 11.5 Å². The average molecular weight is 287 g/mol. The third-order valence-electron chi connectivity index (χ3n) is 3.38. The van der Waals surface area contributed by atoms with Crippen LogP contribution in [-0.2, 0) is 6.54 Å². The van der Waals surface area contributed by atoms with Crippen molar-refractivity contribution in [2.75, 3.05) is 13.2 Å². The van der Waals surface area contributed by atoms with E-state index in [1.165, 1.54) is 0 Å². The van der Waals surface area contributed by atoms with Crippen molar-refractivity contribution in [2.45, 2.75) is 19.5 Å². The van der Waals surface area contributed by atoms with Crippen LogP contribution >= 0.6 is 0 Å². The molecule has 0 saturated heterocycles. The van der Waals surface area contributed by atoms with Crippen molar-refractivity contribution >= 4 is 5.78 Å². The van der Waals surface area contributed by atoms with Gasteiger partial charge in [0.05, 0.1) is 18.8 Å². The highest BCUT2D eigenvalue weighted by molar-refractivity contribution is 6.00. The van der Waals surface area contributed by atoms with Crippen LogP contribution in [0.4, 0.5) is 0 Å². The fraction of sp³-hybridized carbons (Fsp3) is 0.312. The zero-order chi connectivity index (χ0) is 14.7. The van der Waals surface area contributed by atoms with E-state index in [4.69, 9.17) is 13.9 Å². The first kappa shape index (κ1) is 13.7. The molecule has 2 aromatic rings. The van der Waals surface area contributed by atoms with Gasteiger partial charge in [0.2, 0.25) is 0 Å². The lowest BCUT2D eigenvalue weighted by Crippen LogP contribution is -2.33.